The van der Waals surface area contributed by atoms with Crippen molar-refractivity contribution in [2.45, 2.75) is 99.3 Å². The van der Waals surface area contributed by atoms with Crippen molar-refractivity contribution in [3.8, 4) is 22.7 Å². The lowest BCUT2D eigenvalue weighted by atomic mass is 9.78. The molecule has 0 spiro atoms. The van der Waals surface area contributed by atoms with Crippen LogP contribution in [0.25, 0.3) is 129 Å². The summed E-state index contributed by atoms with van der Waals surface area (Å²) in [6.45, 7) is 55.9. The molecule has 101 heavy (non-hydrogen) atoms. The second kappa shape index (κ2) is 26.9. The molecule has 10 heteroatoms. The molecule has 0 N–H and O–H groups in total. The fourth-order valence-electron chi connectivity index (χ4n) is 14.6. The minimum absolute atomic E-state index is 0.0622. The van der Waals surface area contributed by atoms with Gasteiger partial charge in [0, 0.05) is 48.8 Å². The van der Waals surface area contributed by atoms with Crippen LogP contribution in [0, 0.1) is 47.1 Å². The van der Waals surface area contributed by atoms with Crippen molar-refractivity contribution >= 4 is 133 Å². The lowest BCUT2D eigenvalue weighted by Gasteiger charge is -2.32. The van der Waals surface area contributed by atoms with E-state index in [-0.39, 0.29) is 16.2 Å². The fourth-order valence-corrected chi connectivity index (χ4v) is 15.2. The molecule has 0 aliphatic rings. The summed E-state index contributed by atoms with van der Waals surface area (Å²) in [5.74, 6) is 0. The van der Waals surface area contributed by atoms with Crippen LogP contribution in [0.2, 0.25) is 10.0 Å². The highest BCUT2D eigenvalue weighted by atomic mass is 35.5. The Labute approximate surface area is 601 Å². The van der Waals surface area contributed by atoms with Gasteiger partial charge < -0.3 is 18.3 Å². The van der Waals surface area contributed by atoms with Crippen LogP contribution in [0.5, 0.6) is 0 Å². The van der Waals surface area contributed by atoms with Crippen molar-refractivity contribution in [1.82, 2.24) is 18.3 Å². The van der Waals surface area contributed by atoms with E-state index in [9.17, 15) is 0 Å². The first-order valence-corrected chi connectivity index (χ1v) is 34.6. The molecule has 0 bridgehead atoms. The summed E-state index contributed by atoms with van der Waals surface area (Å²) in [6.07, 6.45) is 0. The Kier molecular flexibility index (Phi) is 18.1. The predicted molar refractivity (Wildman–Crippen MR) is 429 cm³/mol. The molecule has 0 aliphatic carbocycles. The highest BCUT2D eigenvalue weighted by molar-refractivity contribution is 6.38. The minimum Gasteiger partial charge on any atom is -0.309 e. The average molecular weight is 1350 g/mol. The molecule has 0 unspecified atom stereocenters. The van der Waals surface area contributed by atoms with Gasteiger partial charge in [0.1, 0.15) is 0 Å². The van der Waals surface area contributed by atoms with E-state index in [1.165, 1.54) is 99.2 Å². The molecule has 16 rings (SSSR count). The van der Waals surface area contributed by atoms with E-state index >= 15 is 0 Å². The molecular formula is C91H76Cl2N8. The van der Waals surface area contributed by atoms with Gasteiger partial charge in [-0.15, -0.1) is 0 Å². The zero-order valence-electron chi connectivity index (χ0n) is 58.9. The Hall–Kier alpha value is -11.6. The molecule has 8 nitrogen and oxygen atoms in total. The molecule has 0 atom stereocenters. The third-order valence-electron chi connectivity index (χ3n) is 19.0. The molecule has 16 aromatic rings. The number of rotatable bonds is 4. The van der Waals surface area contributed by atoms with E-state index in [0.717, 1.165) is 38.5 Å². The number of hydrogen-bond donors (Lipinski definition) is 0. The standard InChI is InChI=1S/C27H28N2.C24H22N2.C21H16N2.C19H10Cl2N2/c1-26(2,3)21-16-18(28-7)17-22(27(4,5)6)25(21)29-23-14-10-8-12-19(23)20-13-9-11-15-24(20)29;1-16-14-17(25-5)15-20(24(2,3)4)23(16)26-21-12-8-6-10-18(21)19-11-7-9-13-22(19)26;1-14-12-16(22-3)13-15(2)21(14)23-19-10-6-4-8-17(19)18-9-5-7-11-20(18)23;1-22-12-10-15(20)19(16(21)11-12)23-17-8-4-2-6-13(17)14-7-3-5-9-18(14)23/h8-17H,1-6H3;6-15H,1-4H3;4-13H,1-2H3;2-11H. The van der Waals surface area contributed by atoms with Gasteiger partial charge in [-0.1, -0.05) is 268 Å². The highest BCUT2D eigenvalue weighted by Gasteiger charge is 2.30. The highest BCUT2D eigenvalue weighted by Crippen LogP contribution is 2.46. The monoisotopic (exact) mass is 1350 g/mol. The van der Waals surface area contributed by atoms with Crippen LogP contribution in [0.15, 0.2) is 243 Å². The normalized spacial score (nSPS) is 11.6. The van der Waals surface area contributed by atoms with Crippen molar-refractivity contribution in [2.75, 3.05) is 0 Å². The van der Waals surface area contributed by atoms with Crippen molar-refractivity contribution in [2.24, 2.45) is 0 Å². The minimum atomic E-state index is -0.0947. The summed E-state index contributed by atoms with van der Waals surface area (Å²) in [6, 6.07) is 83.1. The van der Waals surface area contributed by atoms with Crippen LogP contribution >= 0.6 is 23.2 Å². The van der Waals surface area contributed by atoms with Crippen LogP contribution in [-0.2, 0) is 16.2 Å². The third-order valence-corrected chi connectivity index (χ3v) is 19.6. The van der Waals surface area contributed by atoms with Crippen LogP contribution < -0.4 is 0 Å². The van der Waals surface area contributed by atoms with E-state index in [4.69, 9.17) is 49.5 Å². The van der Waals surface area contributed by atoms with E-state index in [1.807, 2.05) is 54.6 Å². The predicted octanol–water partition coefficient (Wildman–Crippen LogP) is 27.5. The molecule has 4 heterocycles. The summed E-state index contributed by atoms with van der Waals surface area (Å²) in [5, 5.41) is 10.8. The lowest BCUT2D eigenvalue weighted by molar-refractivity contribution is 0.564. The van der Waals surface area contributed by atoms with Gasteiger partial charge >= 0.3 is 0 Å². The molecule has 0 saturated heterocycles. The van der Waals surface area contributed by atoms with Crippen molar-refractivity contribution < 1.29 is 0 Å². The van der Waals surface area contributed by atoms with Crippen LogP contribution in [-0.4, -0.2) is 18.3 Å². The Balaban J connectivity index is 0.000000121. The maximum Gasteiger partial charge on any atom is 0.190 e. The SMILES string of the molecule is [C-]#[N+]c1cc(C(C)(C)C)c(-n2c3ccccc3c3ccccc32)c(C(C)(C)C)c1.[C-]#[N+]c1cc(C)c(-n2c3ccccc3c3ccccc32)c(C(C)(C)C)c1.[C-]#[N+]c1cc(C)c(-n2c3ccccc3c3ccccc32)c(C)c1.[C-]#[N+]c1cc(Cl)c(-n2c3ccccc3c3ccccc32)c(Cl)c1. The summed E-state index contributed by atoms with van der Waals surface area (Å²) in [4.78, 5) is 14.5. The van der Waals surface area contributed by atoms with E-state index in [1.54, 1.807) is 12.1 Å². The molecule has 0 saturated carbocycles. The van der Waals surface area contributed by atoms with Gasteiger partial charge in [-0.25, -0.2) is 19.4 Å². The first kappa shape index (κ1) is 67.9. The molecule has 4 aromatic heterocycles. The van der Waals surface area contributed by atoms with Gasteiger partial charge in [0.05, 0.1) is 97.5 Å². The van der Waals surface area contributed by atoms with E-state index in [2.05, 4.69) is 297 Å². The number of nitrogens with zero attached hydrogens (tertiary/aromatic N) is 8. The van der Waals surface area contributed by atoms with Gasteiger partial charge in [0.2, 0.25) is 0 Å². The summed E-state index contributed by atoms with van der Waals surface area (Å²) < 4.78 is 9.17. The molecule has 0 aliphatic heterocycles. The molecule has 12 aromatic carbocycles. The van der Waals surface area contributed by atoms with Gasteiger partial charge in [-0.2, -0.15) is 0 Å². The maximum atomic E-state index is 7.67. The molecule has 0 amide bonds. The van der Waals surface area contributed by atoms with Gasteiger partial charge in [-0.3, -0.25) is 0 Å². The van der Waals surface area contributed by atoms with Gasteiger partial charge in [-0.05, 0) is 131 Å². The topological polar surface area (TPSA) is 37.2 Å². The van der Waals surface area contributed by atoms with Gasteiger partial charge in [0.25, 0.3) is 0 Å². The first-order chi connectivity index (χ1) is 48.4. The molecule has 0 fully saturated rings. The van der Waals surface area contributed by atoms with Gasteiger partial charge in [0.15, 0.2) is 22.7 Å². The number of hydrogen-bond acceptors (Lipinski definition) is 0. The smallest absolute Gasteiger partial charge is 0.190 e. The summed E-state index contributed by atoms with van der Waals surface area (Å²) in [7, 11) is 0. The maximum absolute atomic E-state index is 7.67. The molecule has 494 valence electrons. The Morgan fingerprint density at radius 2 is 0.436 bits per heavy atom. The number of para-hydroxylation sites is 8. The number of fused-ring (bicyclic) bond motifs is 12. The number of halogens is 2. The zero-order chi connectivity index (χ0) is 71.4. The Bertz CT molecular complexity index is 5680. The second-order valence-electron chi connectivity index (χ2n) is 28.9. The Morgan fingerprint density at radius 1 is 0.248 bits per heavy atom. The van der Waals surface area contributed by atoms with E-state index < -0.39 is 0 Å². The summed E-state index contributed by atoms with van der Waals surface area (Å²) in [5.41, 5.74) is 22.9. The number of benzene rings is 12. The van der Waals surface area contributed by atoms with E-state index in [0.29, 0.717) is 38.5 Å². The third kappa shape index (κ3) is 12.4. The number of aromatic nitrogens is 4. The quantitative estimate of drug-likeness (QED) is 0.158. The van der Waals surface area contributed by atoms with Crippen LogP contribution in [0.4, 0.5) is 22.7 Å². The van der Waals surface area contributed by atoms with Crippen LogP contribution in [0.1, 0.15) is 95.7 Å². The largest absolute Gasteiger partial charge is 0.309 e. The fraction of sp³-hybridized carbons (Fsp3) is 0.165. The lowest BCUT2D eigenvalue weighted by Crippen LogP contribution is -2.22. The summed E-state index contributed by atoms with van der Waals surface area (Å²) >= 11 is 12.9. The molecular weight excluding hydrogens is 1280 g/mol. The molecule has 0 radical (unpaired) electrons. The van der Waals surface area contributed by atoms with Crippen molar-refractivity contribution in [3.63, 3.8) is 0 Å². The number of aryl methyl sites for hydroxylation is 3. The zero-order valence-corrected chi connectivity index (χ0v) is 60.4. The Morgan fingerprint density at radius 3 is 0.693 bits per heavy atom. The van der Waals surface area contributed by atoms with Crippen molar-refractivity contribution in [1.29, 1.82) is 0 Å². The van der Waals surface area contributed by atoms with Crippen molar-refractivity contribution in [3.05, 3.63) is 332 Å². The first-order valence-electron chi connectivity index (χ1n) is 33.8. The van der Waals surface area contributed by atoms with Crippen LogP contribution in [0.3, 0.4) is 0 Å². The average Bonchev–Trinajstić information content (AvgIpc) is 1.48. The second-order valence-corrected chi connectivity index (χ2v) is 29.7.